The van der Waals surface area contributed by atoms with E-state index >= 15 is 0 Å². The third-order valence-electron chi connectivity index (χ3n) is 1.79. The molecular weight excluding hydrogens is 267 g/mol. The van der Waals surface area contributed by atoms with E-state index in [0.717, 1.165) is 0 Å². The molecule has 16 heavy (non-hydrogen) atoms. The minimum Gasteiger partial charge on any atom is -0.321 e. The lowest BCUT2D eigenvalue weighted by atomic mass is 10.3. The van der Waals surface area contributed by atoms with Crippen LogP contribution in [-0.2, 0) is 0 Å². The predicted octanol–water partition coefficient (Wildman–Crippen LogP) is 3.70. The van der Waals surface area contributed by atoms with E-state index in [9.17, 15) is 4.79 Å². The molecular formula is C10H6Cl2N2OS. The van der Waals surface area contributed by atoms with Gasteiger partial charge in [-0.15, -0.1) is 11.3 Å². The maximum atomic E-state index is 11.6. The average molecular weight is 273 g/mol. The molecule has 0 radical (unpaired) electrons. The number of amides is 1. The Morgan fingerprint density at radius 1 is 1.25 bits per heavy atom. The van der Waals surface area contributed by atoms with E-state index < -0.39 is 0 Å². The van der Waals surface area contributed by atoms with Gasteiger partial charge in [0.25, 0.3) is 5.91 Å². The summed E-state index contributed by atoms with van der Waals surface area (Å²) in [7, 11) is 0. The second-order valence-corrected chi connectivity index (χ2v) is 4.58. The number of halogens is 2. The van der Waals surface area contributed by atoms with Crippen molar-refractivity contribution in [3.8, 4) is 0 Å². The van der Waals surface area contributed by atoms with Gasteiger partial charge in [-0.05, 0) is 18.2 Å². The molecule has 0 unspecified atom stereocenters. The topological polar surface area (TPSA) is 42.0 Å². The van der Waals surface area contributed by atoms with Crippen LogP contribution in [0.3, 0.4) is 0 Å². The summed E-state index contributed by atoms with van der Waals surface area (Å²) in [4.78, 5) is 15.5. The Labute approximate surface area is 106 Å². The zero-order valence-corrected chi connectivity index (χ0v) is 10.2. The van der Waals surface area contributed by atoms with Gasteiger partial charge in [-0.2, -0.15) is 0 Å². The van der Waals surface area contributed by atoms with E-state index in [0.29, 0.717) is 21.4 Å². The van der Waals surface area contributed by atoms with Crippen molar-refractivity contribution < 1.29 is 4.79 Å². The van der Waals surface area contributed by atoms with Crippen LogP contribution >= 0.6 is 34.5 Å². The number of carbonyl (C=O) groups is 1. The van der Waals surface area contributed by atoms with E-state index in [1.165, 1.54) is 11.3 Å². The largest absolute Gasteiger partial charge is 0.321 e. The van der Waals surface area contributed by atoms with Gasteiger partial charge in [0.1, 0.15) is 5.69 Å². The summed E-state index contributed by atoms with van der Waals surface area (Å²) >= 11 is 13.0. The fourth-order valence-corrected chi connectivity index (χ4v) is 2.20. The van der Waals surface area contributed by atoms with Crippen molar-refractivity contribution in [2.75, 3.05) is 5.32 Å². The van der Waals surface area contributed by atoms with Crippen LogP contribution in [0.15, 0.2) is 29.1 Å². The lowest BCUT2D eigenvalue weighted by Crippen LogP contribution is -2.11. The number of nitrogens with zero attached hydrogens (tertiary/aromatic N) is 1. The monoisotopic (exact) mass is 272 g/mol. The second-order valence-electron chi connectivity index (χ2n) is 2.99. The number of benzene rings is 1. The molecule has 0 fully saturated rings. The maximum Gasteiger partial charge on any atom is 0.275 e. The first-order chi connectivity index (χ1) is 7.65. The highest BCUT2D eigenvalue weighted by atomic mass is 35.5. The van der Waals surface area contributed by atoms with E-state index in [4.69, 9.17) is 23.2 Å². The first-order valence-corrected chi connectivity index (χ1v) is 6.00. The summed E-state index contributed by atoms with van der Waals surface area (Å²) in [6.45, 7) is 0. The summed E-state index contributed by atoms with van der Waals surface area (Å²) in [5.41, 5.74) is 2.52. The molecule has 1 heterocycles. The van der Waals surface area contributed by atoms with Gasteiger partial charge >= 0.3 is 0 Å². The number of rotatable bonds is 2. The Morgan fingerprint density at radius 2 is 1.94 bits per heavy atom. The molecule has 1 amide bonds. The van der Waals surface area contributed by atoms with Crippen LogP contribution < -0.4 is 5.32 Å². The molecule has 2 rings (SSSR count). The molecule has 0 saturated carbocycles. The van der Waals surface area contributed by atoms with Crippen molar-refractivity contribution in [1.82, 2.24) is 4.98 Å². The smallest absolute Gasteiger partial charge is 0.275 e. The molecule has 0 aliphatic heterocycles. The van der Waals surface area contributed by atoms with Gasteiger partial charge in [-0.25, -0.2) is 4.98 Å². The van der Waals surface area contributed by atoms with Crippen LogP contribution in [0.4, 0.5) is 5.69 Å². The summed E-state index contributed by atoms with van der Waals surface area (Å²) in [5.74, 6) is -0.278. The van der Waals surface area contributed by atoms with Gasteiger partial charge in [-0.1, -0.05) is 23.2 Å². The lowest BCUT2D eigenvalue weighted by Gasteiger charge is -2.04. The Kier molecular flexibility index (Phi) is 3.43. The van der Waals surface area contributed by atoms with Crippen molar-refractivity contribution in [3.05, 3.63) is 44.8 Å². The SMILES string of the molecule is O=C(Nc1cc(Cl)cc(Cl)c1)c1cscn1. The lowest BCUT2D eigenvalue weighted by molar-refractivity contribution is 0.102. The van der Waals surface area contributed by atoms with Crippen LogP contribution in [0, 0.1) is 0 Å². The number of aromatic nitrogens is 1. The van der Waals surface area contributed by atoms with E-state index in [1.807, 2.05) is 0 Å². The minimum atomic E-state index is -0.278. The predicted molar refractivity (Wildman–Crippen MR) is 66.5 cm³/mol. The van der Waals surface area contributed by atoms with Gasteiger partial charge in [0.2, 0.25) is 0 Å². The van der Waals surface area contributed by atoms with Crippen LogP contribution in [0.5, 0.6) is 0 Å². The summed E-state index contributed by atoms with van der Waals surface area (Å²) in [6, 6.07) is 4.84. The number of carbonyl (C=O) groups excluding carboxylic acids is 1. The molecule has 0 atom stereocenters. The normalized spacial score (nSPS) is 10.1. The van der Waals surface area contributed by atoms with Crippen LogP contribution in [0.25, 0.3) is 0 Å². The standard InChI is InChI=1S/C10H6Cl2N2OS/c11-6-1-7(12)3-8(2-6)14-10(15)9-4-16-5-13-9/h1-5H,(H,14,15). The molecule has 6 heteroatoms. The fraction of sp³-hybridized carbons (Fsp3) is 0. The van der Waals surface area contributed by atoms with E-state index in [2.05, 4.69) is 10.3 Å². The Balaban J connectivity index is 2.18. The van der Waals surface area contributed by atoms with Crippen molar-refractivity contribution in [2.45, 2.75) is 0 Å². The average Bonchev–Trinajstić information content (AvgIpc) is 2.68. The summed E-state index contributed by atoms with van der Waals surface area (Å²) < 4.78 is 0. The molecule has 0 aliphatic rings. The minimum absolute atomic E-state index is 0.278. The molecule has 0 saturated heterocycles. The molecule has 1 aromatic heterocycles. The van der Waals surface area contributed by atoms with Gasteiger partial charge in [0.15, 0.2) is 0 Å². The fourth-order valence-electron chi connectivity index (χ4n) is 1.15. The van der Waals surface area contributed by atoms with Crippen molar-refractivity contribution >= 4 is 46.1 Å². The Bertz CT molecular complexity index is 493. The third kappa shape index (κ3) is 2.72. The molecule has 0 bridgehead atoms. The van der Waals surface area contributed by atoms with Gasteiger partial charge in [0.05, 0.1) is 5.51 Å². The van der Waals surface area contributed by atoms with Crippen LogP contribution in [-0.4, -0.2) is 10.9 Å². The molecule has 1 aromatic carbocycles. The maximum absolute atomic E-state index is 11.6. The van der Waals surface area contributed by atoms with Gasteiger partial charge < -0.3 is 5.32 Å². The van der Waals surface area contributed by atoms with Crippen molar-refractivity contribution in [2.24, 2.45) is 0 Å². The molecule has 82 valence electrons. The molecule has 3 nitrogen and oxygen atoms in total. The van der Waals surface area contributed by atoms with E-state index in [-0.39, 0.29) is 5.91 Å². The summed E-state index contributed by atoms with van der Waals surface area (Å²) in [5, 5.41) is 5.28. The third-order valence-corrected chi connectivity index (χ3v) is 2.81. The van der Waals surface area contributed by atoms with E-state index in [1.54, 1.807) is 29.1 Å². The van der Waals surface area contributed by atoms with Crippen molar-refractivity contribution in [3.63, 3.8) is 0 Å². The van der Waals surface area contributed by atoms with Crippen LogP contribution in [0.2, 0.25) is 10.0 Å². The number of thiazole rings is 1. The molecule has 0 aliphatic carbocycles. The second kappa shape index (κ2) is 4.82. The molecule has 1 N–H and O–H groups in total. The van der Waals surface area contributed by atoms with Gasteiger partial charge in [-0.3, -0.25) is 4.79 Å². The highest BCUT2D eigenvalue weighted by Gasteiger charge is 2.08. The Morgan fingerprint density at radius 3 is 2.50 bits per heavy atom. The molecule has 0 spiro atoms. The summed E-state index contributed by atoms with van der Waals surface area (Å²) in [6.07, 6.45) is 0. The quantitative estimate of drug-likeness (QED) is 0.906. The Hall–Kier alpha value is -1.10. The highest BCUT2D eigenvalue weighted by Crippen LogP contribution is 2.22. The highest BCUT2D eigenvalue weighted by molar-refractivity contribution is 7.07. The number of hydrogen-bond acceptors (Lipinski definition) is 3. The van der Waals surface area contributed by atoms with Gasteiger partial charge in [0, 0.05) is 21.1 Å². The van der Waals surface area contributed by atoms with Crippen LogP contribution in [0.1, 0.15) is 10.5 Å². The first kappa shape index (κ1) is 11.4. The number of hydrogen-bond donors (Lipinski definition) is 1. The molecule has 2 aromatic rings. The van der Waals surface area contributed by atoms with Crippen molar-refractivity contribution in [1.29, 1.82) is 0 Å². The number of anilines is 1. The zero-order chi connectivity index (χ0) is 11.5. The number of nitrogens with one attached hydrogen (secondary N) is 1. The zero-order valence-electron chi connectivity index (χ0n) is 7.91. The first-order valence-electron chi connectivity index (χ1n) is 4.31.